The summed E-state index contributed by atoms with van der Waals surface area (Å²) in [6.45, 7) is 2.72. The van der Waals surface area contributed by atoms with Crippen molar-refractivity contribution in [2.45, 2.75) is 32.5 Å². The van der Waals surface area contributed by atoms with Crippen LogP contribution in [0.15, 0.2) is 28.8 Å². The minimum absolute atomic E-state index is 0.0460. The number of benzene rings is 1. The summed E-state index contributed by atoms with van der Waals surface area (Å²) >= 11 is 0. The van der Waals surface area contributed by atoms with E-state index in [0.29, 0.717) is 24.7 Å². The zero-order valence-corrected chi connectivity index (χ0v) is 11.2. The van der Waals surface area contributed by atoms with Crippen molar-refractivity contribution < 1.29 is 9.32 Å². The Morgan fingerprint density at radius 2 is 2.25 bits per heavy atom. The Morgan fingerprint density at radius 1 is 1.45 bits per heavy atom. The van der Waals surface area contributed by atoms with E-state index >= 15 is 0 Å². The van der Waals surface area contributed by atoms with Crippen molar-refractivity contribution in [3.05, 3.63) is 47.1 Å². The van der Waals surface area contributed by atoms with Crippen molar-refractivity contribution in [3.8, 4) is 0 Å². The first-order valence-corrected chi connectivity index (χ1v) is 6.59. The largest absolute Gasteiger partial charge is 0.346 e. The third kappa shape index (κ3) is 2.70. The Hall–Kier alpha value is -2.21. The number of nitrogens with one attached hydrogen (secondary N) is 2. The van der Waals surface area contributed by atoms with Gasteiger partial charge in [0.15, 0.2) is 5.82 Å². The van der Waals surface area contributed by atoms with Gasteiger partial charge in [-0.2, -0.15) is 4.98 Å². The van der Waals surface area contributed by atoms with E-state index in [-0.39, 0.29) is 18.5 Å². The highest BCUT2D eigenvalue weighted by Crippen LogP contribution is 2.16. The molecule has 3 rings (SSSR count). The molecule has 1 aliphatic heterocycles. The summed E-state index contributed by atoms with van der Waals surface area (Å²) in [5, 5.41) is 9.74. The molecule has 2 heterocycles. The number of aromatic nitrogens is 2. The van der Waals surface area contributed by atoms with Gasteiger partial charge in [-0.3, -0.25) is 4.79 Å². The highest BCUT2D eigenvalue weighted by atomic mass is 16.5. The normalized spacial score (nSPS) is 17.6. The van der Waals surface area contributed by atoms with Crippen molar-refractivity contribution >= 4 is 5.91 Å². The Kier molecular flexibility index (Phi) is 3.47. The van der Waals surface area contributed by atoms with E-state index in [0.717, 1.165) is 0 Å². The van der Waals surface area contributed by atoms with Gasteiger partial charge in [-0.15, -0.1) is 0 Å². The monoisotopic (exact) mass is 272 g/mol. The maximum Gasteiger partial charge on any atom is 0.246 e. The molecule has 20 heavy (non-hydrogen) atoms. The van der Waals surface area contributed by atoms with Gasteiger partial charge in [0.25, 0.3) is 0 Å². The molecule has 1 aromatic carbocycles. The molecular weight excluding hydrogens is 256 g/mol. The molecule has 6 nitrogen and oxygen atoms in total. The summed E-state index contributed by atoms with van der Waals surface area (Å²) in [5.41, 5.74) is 2.48. The smallest absolute Gasteiger partial charge is 0.246 e. The van der Waals surface area contributed by atoms with Crippen LogP contribution in [0.4, 0.5) is 0 Å². The number of hydrogen-bond donors (Lipinski definition) is 2. The predicted molar refractivity (Wildman–Crippen MR) is 71.7 cm³/mol. The van der Waals surface area contributed by atoms with Gasteiger partial charge in [-0.25, -0.2) is 0 Å². The van der Waals surface area contributed by atoms with Crippen LogP contribution in [0.2, 0.25) is 0 Å². The number of carbonyl (C=O) groups excluding carboxylic acids is 1. The van der Waals surface area contributed by atoms with Crippen LogP contribution < -0.4 is 10.6 Å². The maximum absolute atomic E-state index is 12.1. The van der Waals surface area contributed by atoms with Gasteiger partial charge in [0, 0.05) is 6.54 Å². The van der Waals surface area contributed by atoms with Gasteiger partial charge < -0.3 is 15.2 Å². The van der Waals surface area contributed by atoms with Crippen LogP contribution in [0.3, 0.4) is 0 Å². The van der Waals surface area contributed by atoms with Crippen LogP contribution in [0.1, 0.15) is 22.8 Å². The average molecular weight is 272 g/mol. The molecule has 1 amide bonds. The van der Waals surface area contributed by atoms with Gasteiger partial charge >= 0.3 is 0 Å². The van der Waals surface area contributed by atoms with Crippen LogP contribution in [0, 0.1) is 6.92 Å². The molecule has 0 spiro atoms. The van der Waals surface area contributed by atoms with Crippen LogP contribution in [0.25, 0.3) is 0 Å². The lowest BCUT2D eigenvalue weighted by atomic mass is 9.95. The molecule has 6 heteroatoms. The molecule has 0 fully saturated rings. The van der Waals surface area contributed by atoms with E-state index < -0.39 is 0 Å². The van der Waals surface area contributed by atoms with E-state index in [1.165, 1.54) is 11.1 Å². The Morgan fingerprint density at radius 3 is 3.00 bits per heavy atom. The molecule has 1 atom stereocenters. The lowest BCUT2D eigenvalue weighted by molar-refractivity contribution is -0.123. The molecule has 1 unspecified atom stereocenters. The van der Waals surface area contributed by atoms with E-state index in [4.69, 9.17) is 4.52 Å². The SMILES string of the molecule is Cc1noc(CNC(=O)C2Cc3ccccc3CN2)n1. The topological polar surface area (TPSA) is 80.0 Å². The summed E-state index contributed by atoms with van der Waals surface area (Å²) in [6, 6.07) is 7.95. The van der Waals surface area contributed by atoms with E-state index in [1.54, 1.807) is 6.92 Å². The van der Waals surface area contributed by atoms with Crippen LogP contribution in [-0.4, -0.2) is 22.1 Å². The van der Waals surface area contributed by atoms with Crippen molar-refractivity contribution in [3.63, 3.8) is 0 Å². The van der Waals surface area contributed by atoms with Gasteiger partial charge in [0.2, 0.25) is 11.8 Å². The number of rotatable bonds is 3. The first kappa shape index (κ1) is 12.8. The number of carbonyl (C=O) groups is 1. The zero-order chi connectivity index (χ0) is 13.9. The van der Waals surface area contributed by atoms with Crippen LogP contribution in [0.5, 0.6) is 0 Å². The number of hydrogen-bond acceptors (Lipinski definition) is 5. The molecule has 2 aromatic rings. The number of amides is 1. The summed E-state index contributed by atoms with van der Waals surface area (Å²) in [5.74, 6) is 0.946. The van der Waals surface area contributed by atoms with Crippen LogP contribution >= 0.6 is 0 Å². The van der Waals surface area contributed by atoms with Crippen molar-refractivity contribution in [2.24, 2.45) is 0 Å². The van der Waals surface area contributed by atoms with E-state index in [9.17, 15) is 4.79 Å². The number of fused-ring (bicyclic) bond motifs is 1. The van der Waals surface area contributed by atoms with Crippen molar-refractivity contribution in [1.82, 2.24) is 20.8 Å². The van der Waals surface area contributed by atoms with Crippen LogP contribution in [-0.2, 0) is 24.3 Å². The fraction of sp³-hybridized carbons (Fsp3) is 0.357. The third-order valence-electron chi connectivity index (χ3n) is 3.38. The standard InChI is InChI=1S/C14H16N4O2/c1-9-17-13(20-18-9)8-16-14(19)12-6-10-4-2-3-5-11(10)7-15-12/h2-5,12,15H,6-8H2,1H3,(H,16,19). The first-order valence-electron chi connectivity index (χ1n) is 6.59. The number of aryl methyl sites for hydroxylation is 1. The predicted octanol–water partition coefficient (Wildman–Crippen LogP) is 0.709. The lowest BCUT2D eigenvalue weighted by Crippen LogP contribution is -2.47. The second-order valence-corrected chi connectivity index (χ2v) is 4.86. The van der Waals surface area contributed by atoms with E-state index in [1.807, 2.05) is 12.1 Å². The van der Waals surface area contributed by atoms with Crippen molar-refractivity contribution in [1.29, 1.82) is 0 Å². The summed E-state index contributed by atoms with van der Waals surface area (Å²) in [6.07, 6.45) is 0.699. The fourth-order valence-electron chi connectivity index (χ4n) is 2.34. The van der Waals surface area contributed by atoms with Crippen molar-refractivity contribution in [2.75, 3.05) is 0 Å². The quantitative estimate of drug-likeness (QED) is 0.860. The average Bonchev–Trinajstić information content (AvgIpc) is 2.90. The minimum atomic E-state index is -0.214. The molecule has 2 N–H and O–H groups in total. The Bertz CT molecular complexity index is 623. The summed E-state index contributed by atoms with van der Waals surface area (Å²) in [4.78, 5) is 16.2. The lowest BCUT2D eigenvalue weighted by Gasteiger charge is -2.25. The Balaban J connectivity index is 1.59. The zero-order valence-electron chi connectivity index (χ0n) is 11.2. The molecular formula is C14H16N4O2. The second-order valence-electron chi connectivity index (χ2n) is 4.86. The molecule has 0 saturated heterocycles. The molecule has 1 aromatic heterocycles. The minimum Gasteiger partial charge on any atom is -0.346 e. The molecule has 1 aliphatic rings. The van der Waals surface area contributed by atoms with Gasteiger partial charge in [0.05, 0.1) is 12.6 Å². The molecule has 0 radical (unpaired) electrons. The van der Waals surface area contributed by atoms with Gasteiger partial charge in [-0.1, -0.05) is 29.4 Å². The fourth-order valence-corrected chi connectivity index (χ4v) is 2.34. The second kappa shape index (κ2) is 5.42. The van der Waals surface area contributed by atoms with Gasteiger partial charge in [-0.05, 0) is 24.5 Å². The highest BCUT2D eigenvalue weighted by molar-refractivity contribution is 5.82. The highest BCUT2D eigenvalue weighted by Gasteiger charge is 2.23. The van der Waals surface area contributed by atoms with Gasteiger partial charge in [0.1, 0.15) is 0 Å². The maximum atomic E-state index is 12.1. The first-order chi connectivity index (χ1) is 9.72. The molecule has 0 aliphatic carbocycles. The molecule has 104 valence electrons. The molecule has 0 bridgehead atoms. The third-order valence-corrected chi connectivity index (χ3v) is 3.38. The van der Waals surface area contributed by atoms with E-state index in [2.05, 4.69) is 32.9 Å². The molecule has 0 saturated carbocycles. The summed E-state index contributed by atoms with van der Waals surface area (Å²) < 4.78 is 4.96. The summed E-state index contributed by atoms with van der Waals surface area (Å²) in [7, 11) is 0. The number of nitrogens with zero attached hydrogens (tertiary/aromatic N) is 2. The Labute approximate surface area is 116 Å².